The maximum Gasteiger partial charge on any atom is 0.224 e. The lowest BCUT2D eigenvalue weighted by atomic mass is 9.93. The summed E-state index contributed by atoms with van der Waals surface area (Å²) in [6.45, 7) is 3.60. The number of nitrogens with two attached hydrogens (primary N) is 1. The number of rotatable bonds is 5. The quantitative estimate of drug-likeness (QED) is 0.633. The molecule has 4 nitrogen and oxygen atoms in total. The zero-order chi connectivity index (χ0) is 10.5. The van der Waals surface area contributed by atoms with Crippen molar-refractivity contribution >= 4 is 23.4 Å². The number of halogens is 1. The molecule has 0 rings (SSSR count). The summed E-state index contributed by atoms with van der Waals surface area (Å²) in [5, 5.41) is 2.58. The minimum atomic E-state index is -0.706. The second-order valence-corrected chi connectivity index (χ2v) is 3.84. The Balaban J connectivity index is 3.88. The van der Waals surface area contributed by atoms with Crippen molar-refractivity contribution in [3.05, 3.63) is 0 Å². The van der Waals surface area contributed by atoms with Gasteiger partial charge >= 0.3 is 0 Å². The van der Waals surface area contributed by atoms with Gasteiger partial charge in [-0.2, -0.15) is 0 Å². The highest BCUT2D eigenvalue weighted by Gasteiger charge is 2.25. The van der Waals surface area contributed by atoms with Crippen molar-refractivity contribution in [1.29, 1.82) is 0 Å². The number of amides is 2. The summed E-state index contributed by atoms with van der Waals surface area (Å²) in [5.41, 5.74) is 4.41. The molecule has 0 aromatic heterocycles. The van der Waals surface area contributed by atoms with Crippen molar-refractivity contribution in [2.24, 2.45) is 11.1 Å². The third-order valence-electron chi connectivity index (χ3n) is 1.72. The lowest BCUT2D eigenvalue weighted by Crippen LogP contribution is -2.42. The Morgan fingerprint density at radius 2 is 2.00 bits per heavy atom. The van der Waals surface area contributed by atoms with Crippen LogP contribution in [0.3, 0.4) is 0 Å². The van der Waals surface area contributed by atoms with Crippen LogP contribution >= 0.6 is 11.6 Å². The molecule has 0 heterocycles. The van der Waals surface area contributed by atoms with Gasteiger partial charge in [0, 0.05) is 18.8 Å². The molecule has 0 aliphatic rings. The molecule has 13 heavy (non-hydrogen) atoms. The molecule has 0 aliphatic heterocycles. The van der Waals surface area contributed by atoms with Gasteiger partial charge in [-0.25, -0.2) is 0 Å². The highest BCUT2D eigenvalue weighted by molar-refractivity contribution is 6.18. The second kappa shape index (κ2) is 5.07. The van der Waals surface area contributed by atoms with Crippen LogP contribution in [0, 0.1) is 5.41 Å². The van der Waals surface area contributed by atoms with E-state index in [0.29, 0.717) is 0 Å². The monoisotopic (exact) mass is 206 g/mol. The molecule has 0 aromatic rings. The molecule has 0 saturated heterocycles. The standard InChI is InChI=1S/C8H15ClN2O2/c1-8(2,7(10)13)5-11-6(12)3-4-9/h3-5H2,1-2H3,(H2,10,13)(H,11,12). The van der Waals surface area contributed by atoms with E-state index in [0.717, 1.165) is 0 Å². The van der Waals surface area contributed by atoms with Gasteiger partial charge in [0.25, 0.3) is 0 Å². The largest absolute Gasteiger partial charge is 0.369 e. The molecule has 5 heteroatoms. The lowest BCUT2D eigenvalue weighted by Gasteiger charge is -2.20. The zero-order valence-corrected chi connectivity index (χ0v) is 8.65. The maximum absolute atomic E-state index is 11.0. The topological polar surface area (TPSA) is 72.2 Å². The molecule has 2 amide bonds. The van der Waals surface area contributed by atoms with Crippen LogP contribution in [0.2, 0.25) is 0 Å². The van der Waals surface area contributed by atoms with Crippen LogP contribution in [0.5, 0.6) is 0 Å². The first-order valence-electron chi connectivity index (χ1n) is 4.02. The van der Waals surface area contributed by atoms with E-state index in [1.807, 2.05) is 0 Å². The number of hydrogen-bond acceptors (Lipinski definition) is 2. The fourth-order valence-corrected chi connectivity index (χ4v) is 0.753. The number of hydrogen-bond donors (Lipinski definition) is 2. The number of carbonyl (C=O) groups is 2. The highest BCUT2D eigenvalue weighted by Crippen LogP contribution is 2.11. The number of primary amides is 1. The average Bonchev–Trinajstić information content (AvgIpc) is 2.01. The summed E-state index contributed by atoms with van der Waals surface area (Å²) in [6.07, 6.45) is 0.260. The first-order chi connectivity index (χ1) is 5.90. The van der Waals surface area contributed by atoms with E-state index in [2.05, 4.69) is 5.32 Å². The molecule has 3 N–H and O–H groups in total. The van der Waals surface area contributed by atoms with Crippen molar-refractivity contribution in [1.82, 2.24) is 5.32 Å². The Morgan fingerprint density at radius 1 is 1.46 bits per heavy atom. The van der Waals surface area contributed by atoms with Gasteiger partial charge in [-0.05, 0) is 13.8 Å². The summed E-state index contributed by atoms with van der Waals surface area (Å²) in [7, 11) is 0. The van der Waals surface area contributed by atoms with Crippen LogP contribution in [0.4, 0.5) is 0 Å². The fourth-order valence-electron chi connectivity index (χ4n) is 0.581. The Bertz CT molecular complexity index is 204. The van der Waals surface area contributed by atoms with E-state index < -0.39 is 11.3 Å². The summed E-state index contributed by atoms with van der Waals surface area (Å²) in [6, 6.07) is 0. The van der Waals surface area contributed by atoms with Crippen molar-refractivity contribution < 1.29 is 9.59 Å². The third-order valence-corrected chi connectivity index (χ3v) is 1.91. The first-order valence-corrected chi connectivity index (χ1v) is 4.56. The maximum atomic E-state index is 11.0. The summed E-state index contributed by atoms with van der Waals surface area (Å²) in [4.78, 5) is 21.8. The number of carbonyl (C=O) groups excluding carboxylic acids is 2. The average molecular weight is 207 g/mol. The van der Waals surface area contributed by atoms with Gasteiger partial charge in [0.05, 0.1) is 5.41 Å². The van der Waals surface area contributed by atoms with Gasteiger partial charge in [0.1, 0.15) is 0 Å². The van der Waals surface area contributed by atoms with Crippen LogP contribution in [-0.2, 0) is 9.59 Å². The molecule has 76 valence electrons. The molecule has 0 spiro atoms. The van der Waals surface area contributed by atoms with Gasteiger partial charge in [0.15, 0.2) is 0 Å². The molecule has 0 radical (unpaired) electrons. The molecule has 0 fully saturated rings. The molecule has 0 aliphatic carbocycles. The van der Waals surface area contributed by atoms with Gasteiger partial charge in [-0.3, -0.25) is 9.59 Å². The fraction of sp³-hybridized carbons (Fsp3) is 0.750. The van der Waals surface area contributed by atoms with Crippen molar-refractivity contribution in [2.75, 3.05) is 12.4 Å². The van der Waals surface area contributed by atoms with Crippen LogP contribution in [0.1, 0.15) is 20.3 Å². The molecule has 0 aromatic carbocycles. The van der Waals surface area contributed by atoms with E-state index in [1.165, 1.54) is 0 Å². The number of nitrogens with one attached hydrogen (secondary N) is 1. The van der Waals surface area contributed by atoms with Crippen LogP contribution in [-0.4, -0.2) is 24.2 Å². The van der Waals surface area contributed by atoms with Gasteiger partial charge < -0.3 is 11.1 Å². The summed E-state index contributed by atoms with van der Waals surface area (Å²) < 4.78 is 0. The van der Waals surface area contributed by atoms with E-state index >= 15 is 0 Å². The van der Waals surface area contributed by atoms with E-state index in [-0.39, 0.29) is 24.8 Å². The molecule has 0 saturated carbocycles. The van der Waals surface area contributed by atoms with Crippen LogP contribution in [0.15, 0.2) is 0 Å². The Hall–Kier alpha value is -0.770. The van der Waals surface area contributed by atoms with Crippen LogP contribution < -0.4 is 11.1 Å². The summed E-state index contributed by atoms with van der Waals surface area (Å²) in [5.74, 6) is -0.314. The molecule has 0 unspecified atom stereocenters. The zero-order valence-electron chi connectivity index (χ0n) is 7.89. The van der Waals surface area contributed by atoms with Crippen molar-refractivity contribution in [3.8, 4) is 0 Å². The predicted octanol–water partition coefficient (Wildman–Crippen LogP) is 0.243. The van der Waals surface area contributed by atoms with Gasteiger partial charge in [-0.15, -0.1) is 11.6 Å². The van der Waals surface area contributed by atoms with Gasteiger partial charge in [0.2, 0.25) is 11.8 Å². The Kier molecular flexibility index (Phi) is 4.77. The second-order valence-electron chi connectivity index (χ2n) is 3.46. The minimum absolute atomic E-state index is 0.163. The Morgan fingerprint density at radius 3 is 2.38 bits per heavy atom. The first kappa shape index (κ1) is 12.2. The number of alkyl halides is 1. The summed E-state index contributed by atoms with van der Waals surface area (Å²) >= 11 is 5.36. The smallest absolute Gasteiger partial charge is 0.224 e. The third kappa shape index (κ3) is 4.72. The lowest BCUT2D eigenvalue weighted by molar-refractivity contribution is -0.126. The SMILES string of the molecule is CC(C)(CNC(=O)CCCl)C(N)=O. The highest BCUT2D eigenvalue weighted by atomic mass is 35.5. The van der Waals surface area contributed by atoms with Crippen LogP contribution in [0.25, 0.3) is 0 Å². The minimum Gasteiger partial charge on any atom is -0.369 e. The Labute approximate surface area is 82.8 Å². The van der Waals surface area contributed by atoms with Crippen molar-refractivity contribution in [2.45, 2.75) is 20.3 Å². The molecular weight excluding hydrogens is 192 g/mol. The normalized spacial score (nSPS) is 11.0. The van der Waals surface area contributed by atoms with Crippen molar-refractivity contribution in [3.63, 3.8) is 0 Å². The predicted molar refractivity (Wildman–Crippen MR) is 51.3 cm³/mol. The molecular formula is C8H15ClN2O2. The van der Waals surface area contributed by atoms with E-state index in [9.17, 15) is 9.59 Å². The van der Waals surface area contributed by atoms with Gasteiger partial charge in [-0.1, -0.05) is 0 Å². The molecule has 0 atom stereocenters. The van der Waals surface area contributed by atoms with E-state index in [1.54, 1.807) is 13.8 Å². The molecule has 0 bridgehead atoms. The van der Waals surface area contributed by atoms with E-state index in [4.69, 9.17) is 17.3 Å².